The molecule has 0 aromatic rings. The number of nitrogens with one attached hydrogen (secondary N) is 1. The van der Waals surface area contributed by atoms with Crippen LogP contribution in [0.3, 0.4) is 0 Å². The Morgan fingerprint density at radius 3 is 2.94 bits per heavy atom. The van der Waals surface area contributed by atoms with E-state index in [0.29, 0.717) is 18.8 Å². The van der Waals surface area contributed by atoms with Gasteiger partial charge in [-0.2, -0.15) is 0 Å². The molecule has 0 aromatic heterocycles. The molecule has 2 amide bonds. The van der Waals surface area contributed by atoms with E-state index in [-0.39, 0.29) is 17.1 Å². The third-order valence-corrected chi connectivity index (χ3v) is 4.08. The zero-order valence-corrected chi connectivity index (χ0v) is 10.00. The Kier molecular flexibility index (Phi) is 3.39. The normalized spacial score (nSPS) is 35.0. The van der Waals surface area contributed by atoms with Crippen LogP contribution in [0.2, 0.25) is 0 Å². The summed E-state index contributed by atoms with van der Waals surface area (Å²) in [4.78, 5) is 24.6. The van der Waals surface area contributed by atoms with Crippen molar-refractivity contribution in [2.24, 2.45) is 5.92 Å². The van der Waals surface area contributed by atoms with E-state index in [0.717, 1.165) is 18.2 Å². The summed E-state index contributed by atoms with van der Waals surface area (Å²) in [6.07, 6.45) is 0.378. The van der Waals surface area contributed by atoms with Crippen molar-refractivity contribution >= 4 is 22.9 Å². The number of amides is 2. The number of aliphatic hydroxyl groups is 1. The van der Waals surface area contributed by atoms with Crippen LogP contribution in [0, 0.1) is 5.92 Å². The molecular formula is C10H16N2O3S. The summed E-state index contributed by atoms with van der Waals surface area (Å²) in [5, 5.41) is 12.2. The Morgan fingerprint density at radius 1 is 1.62 bits per heavy atom. The van der Waals surface area contributed by atoms with Gasteiger partial charge in [0.1, 0.15) is 6.04 Å². The second-order valence-electron chi connectivity index (χ2n) is 4.41. The van der Waals surface area contributed by atoms with Gasteiger partial charge in [0.05, 0.1) is 6.10 Å². The monoisotopic (exact) mass is 244 g/mol. The maximum atomic E-state index is 12.0. The first-order valence-corrected chi connectivity index (χ1v) is 6.46. The first-order chi connectivity index (χ1) is 7.58. The summed E-state index contributed by atoms with van der Waals surface area (Å²) in [6.45, 7) is 3.05. The number of hydrogen-bond donors (Lipinski definition) is 2. The van der Waals surface area contributed by atoms with E-state index in [9.17, 15) is 14.7 Å². The topological polar surface area (TPSA) is 69.6 Å². The van der Waals surface area contributed by atoms with E-state index in [1.807, 2.05) is 6.92 Å². The fourth-order valence-corrected chi connectivity index (χ4v) is 2.76. The van der Waals surface area contributed by atoms with Gasteiger partial charge in [-0.3, -0.25) is 9.59 Å². The van der Waals surface area contributed by atoms with Crippen LogP contribution in [-0.4, -0.2) is 52.1 Å². The highest BCUT2D eigenvalue weighted by molar-refractivity contribution is 8.14. The molecule has 90 valence electrons. The number of piperidine rings is 1. The third kappa shape index (κ3) is 2.32. The van der Waals surface area contributed by atoms with E-state index in [2.05, 4.69) is 5.32 Å². The zero-order chi connectivity index (χ0) is 11.7. The molecule has 6 heteroatoms. The van der Waals surface area contributed by atoms with Crippen LogP contribution in [0.5, 0.6) is 0 Å². The molecule has 0 saturated carbocycles. The van der Waals surface area contributed by atoms with Crippen LogP contribution in [0.25, 0.3) is 0 Å². The first kappa shape index (κ1) is 11.7. The van der Waals surface area contributed by atoms with Gasteiger partial charge in [0.2, 0.25) is 5.91 Å². The largest absolute Gasteiger partial charge is 0.391 e. The van der Waals surface area contributed by atoms with Crippen LogP contribution in [0.4, 0.5) is 4.79 Å². The van der Waals surface area contributed by atoms with Gasteiger partial charge in [-0.1, -0.05) is 18.7 Å². The molecule has 0 radical (unpaired) electrons. The minimum Gasteiger partial charge on any atom is -0.391 e. The summed E-state index contributed by atoms with van der Waals surface area (Å²) in [6, 6.07) is -0.405. The standard InChI is InChI=1S/C10H16N2O3S/c1-6-2-3-12(4-8(6)13)9(14)7-5-16-10(15)11-7/h6-8,13H,2-5H2,1H3,(H,11,15). The van der Waals surface area contributed by atoms with Crippen molar-refractivity contribution in [2.75, 3.05) is 18.8 Å². The molecule has 0 bridgehead atoms. The van der Waals surface area contributed by atoms with Crippen molar-refractivity contribution in [3.63, 3.8) is 0 Å². The maximum Gasteiger partial charge on any atom is 0.279 e. The number of thioether (sulfide) groups is 1. The second-order valence-corrected chi connectivity index (χ2v) is 5.41. The number of rotatable bonds is 1. The summed E-state index contributed by atoms with van der Waals surface area (Å²) in [5.41, 5.74) is 0. The van der Waals surface area contributed by atoms with Crippen molar-refractivity contribution < 1.29 is 14.7 Å². The van der Waals surface area contributed by atoms with Gasteiger partial charge in [0, 0.05) is 18.8 Å². The average Bonchev–Trinajstić information content (AvgIpc) is 2.68. The molecule has 2 rings (SSSR count). The number of carbonyl (C=O) groups excluding carboxylic acids is 2. The van der Waals surface area contributed by atoms with E-state index >= 15 is 0 Å². The summed E-state index contributed by atoms with van der Waals surface area (Å²) >= 11 is 1.14. The number of β-amino-alcohol motifs (C(OH)–C–C–N with tert-alkyl or cyclic N) is 1. The minimum atomic E-state index is -0.442. The van der Waals surface area contributed by atoms with E-state index < -0.39 is 12.1 Å². The smallest absolute Gasteiger partial charge is 0.279 e. The Labute approximate surface area is 98.6 Å². The minimum absolute atomic E-state index is 0.0655. The maximum absolute atomic E-state index is 12.0. The van der Waals surface area contributed by atoms with Crippen LogP contribution in [-0.2, 0) is 4.79 Å². The second kappa shape index (κ2) is 4.63. The van der Waals surface area contributed by atoms with E-state index in [1.165, 1.54) is 0 Å². The molecule has 3 atom stereocenters. The lowest BCUT2D eigenvalue weighted by atomic mass is 9.96. The Hall–Kier alpha value is -0.750. The van der Waals surface area contributed by atoms with Crippen molar-refractivity contribution in [1.29, 1.82) is 0 Å². The lowest BCUT2D eigenvalue weighted by Crippen LogP contribution is -2.52. The molecule has 0 spiro atoms. The predicted molar refractivity (Wildman–Crippen MR) is 61.1 cm³/mol. The first-order valence-electron chi connectivity index (χ1n) is 5.48. The molecular weight excluding hydrogens is 228 g/mol. The lowest BCUT2D eigenvalue weighted by molar-refractivity contribution is -0.136. The quantitative estimate of drug-likeness (QED) is 0.683. The third-order valence-electron chi connectivity index (χ3n) is 3.20. The van der Waals surface area contributed by atoms with Crippen LogP contribution < -0.4 is 5.32 Å². The number of hydrogen-bond acceptors (Lipinski definition) is 4. The Balaban J connectivity index is 1.92. The highest BCUT2D eigenvalue weighted by Gasteiger charge is 2.34. The highest BCUT2D eigenvalue weighted by atomic mass is 32.2. The number of likely N-dealkylation sites (tertiary alicyclic amines) is 1. The van der Waals surface area contributed by atoms with Gasteiger partial charge in [-0.25, -0.2) is 0 Å². The van der Waals surface area contributed by atoms with Crippen molar-refractivity contribution in [1.82, 2.24) is 10.2 Å². The van der Waals surface area contributed by atoms with E-state index in [4.69, 9.17) is 0 Å². The van der Waals surface area contributed by atoms with Crippen LogP contribution in [0.1, 0.15) is 13.3 Å². The summed E-state index contributed by atoms with van der Waals surface area (Å²) in [7, 11) is 0. The molecule has 2 heterocycles. The van der Waals surface area contributed by atoms with Crippen molar-refractivity contribution in [3.8, 4) is 0 Å². The van der Waals surface area contributed by atoms with Gasteiger partial charge in [-0.05, 0) is 12.3 Å². The van der Waals surface area contributed by atoms with Crippen LogP contribution in [0.15, 0.2) is 0 Å². The zero-order valence-electron chi connectivity index (χ0n) is 9.18. The Morgan fingerprint density at radius 2 is 2.38 bits per heavy atom. The summed E-state index contributed by atoms with van der Waals surface area (Å²) in [5.74, 6) is 0.681. The average molecular weight is 244 g/mol. The fourth-order valence-electron chi connectivity index (χ4n) is 1.99. The molecule has 2 aliphatic rings. The molecule has 2 N–H and O–H groups in total. The van der Waals surface area contributed by atoms with Gasteiger partial charge in [0.15, 0.2) is 0 Å². The fraction of sp³-hybridized carbons (Fsp3) is 0.800. The predicted octanol–water partition coefficient (Wildman–Crippen LogP) is 0.0407. The molecule has 3 unspecified atom stereocenters. The van der Waals surface area contributed by atoms with Crippen molar-refractivity contribution in [2.45, 2.75) is 25.5 Å². The number of carbonyl (C=O) groups is 2. The summed E-state index contributed by atoms with van der Waals surface area (Å²) < 4.78 is 0. The molecule has 16 heavy (non-hydrogen) atoms. The number of aliphatic hydroxyl groups excluding tert-OH is 1. The highest BCUT2D eigenvalue weighted by Crippen LogP contribution is 2.20. The SMILES string of the molecule is CC1CCN(C(=O)C2CSC(=O)N2)CC1O. The molecule has 2 aliphatic heterocycles. The van der Waals surface area contributed by atoms with Crippen LogP contribution >= 0.6 is 11.8 Å². The number of nitrogens with zero attached hydrogens (tertiary/aromatic N) is 1. The molecule has 0 aliphatic carbocycles. The van der Waals surface area contributed by atoms with Gasteiger partial charge in [0.25, 0.3) is 5.24 Å². The lowest BCUT2D eigenvalue weighted by Gasteiger charge is -2.35. The van der Waals surface area contributed by atoms with Gasteiger partial charge < -0.3 is 15.3 Å². The molecule has 5 nitrogen and oxygen atoms in total. The van der Waals surface area contributed by atoms with Gasteiger partial charge >= 0.3 is 0 Å². The molecule has 0 aromatic carbocycles. The van der Waals surface area contributed by atoms with Crippen molar-refractivity contribution in [3.05, 3.63) is 0 Å². The molecule has 2 fully saturated rings. The Bertz CT molecular complexity index is 310. The van der Waals surface area contributed by atoms with Gasteiger partial charge in [-0.15, -0.1) is 0 Å². The molecule has 2 saturated heterocycles. The van der Waals surface area contributed by atoms with E-state index in [1.54, 1.807) is 4.90 Å².